The lowest BCUT2D eigenvalue weighted by atomic mass is 10.1. The number of carbonyl (C=O) groups is 2. The normalized spacial score (nSPS) is 16.3. The molecule has 1 aliphatic rings. The zero-order valence-electron chi connectivity index (χ0n) is 13.7. The average Bonchev–Trinajstić information content (AvgIpc) is 2.52. The molecule has 1 unspecified atom stereocenters. The van der Waals surface area contributed by atoms with Crippen molar-refractivity contribution < 1.29 is 14.0 Å². The number of hydrogen-bond donors (Lipinski definition) is 1. The van der Waals surface area contributed by atoms with Crippen LogP contribution in [0.1, 0.15) is 37.0 Å². The van der Waals surface area contributed by atoms with Gasteiger partial charge in [0.2, 0.25) is 5.91 Å². The number of rotatable bonds is 5. The molecule has 1 fully saturated rings. The highest BCUT2D eigenvalue weighted by Gasteiger charge is 2.23. The number of carbonyl (C=O) groups excluding carboxylic acids is 2. The van der Waals surface area contributed by atoms with Crippen molar-refractivity contribution in [3.8, 4) is 0 Å². The third-order valence-electron chi connectivity index (χ3n) is 4.14. The SMILES string of the molecule is CC(=O)c1ccc(N2CCN(C(=O)CCC(C)N)CC2)c(F)c1. The van der Waals surface area contributed by atoms with E-state index in [9.17, 15) is 14.0 Å². The first-order valence-electron chi connectivity index (χ1n) is 7.97. The Bertz CT molecular complexity index is 581. The van der Waals surface area contributed by atoms with Gasteiger partial charge in [-0.2, -0.15) is 0 Å². The van der Waals surface area contributed by atoms with Gasteiger partial charge in [0.1, 0.15) is 5.82 Å². The summed E-state index contributed by atoms with van der Waals surface area (Å²) in [6.07, 6.45) is 1.14. The predicted octanol–water partition coefficient (Wildman–Crippen LogP) is 1.80. The highest BCUT2D eigenvalue weighted by atomic mass is 19.1. The maximum atomic E-state index is 14.2. The highest BCUT2D eigenvalue weighted by Crippen LogP contribution is 2.22. The molecule has 0 bridgehead atoms. The smallest absolute Gasteiger partial charge is 0.222 e. The van der Waals surface area contributed by atoms with Crippen LogP contribution in [0.3, 0.4) is 0 Å². The first-order valence-corrected chi connectivity index (χ1v) is 7.97. The van der Waals surface area contributed by atoms with Crippen LogP contribution in [0.5, 0.6) is 0 Å². The predicted molar refractivity (Wildman–Crippen MR) is 88.1 cm³/mol. The van der Waals surface area contributed by atoms with Crippen LogP contribution in [0.2, 0.25) is 0 Å². The Morgan fingerprint density at radius 2 is 1.91 bits per heavy atom. The Morgan fingerprint density at radius 1 is 1.26 bits per heavy atom. The van der Waals surface area contributed by atoms with Crippen LogP contribution in [0.15, 0.2) is 18.2 Å². The summed E-state index contributed by atoms with van der Waals surface area (Å²) < 4.78 is 14.2. The van der Waals surface area contributed by atoms with Crippen molar-refractivity contribution in [1.29, 1.82) is 0 Å². The van der Waals surface area contributed by atoms with Crippen LogP contribution >= 0.6 is 0 Å². The zero-order valence-corrected chi connectivity index (χ0v) is 13.7. The van der Waals surface area contributed by atoms with E-state index in [1.165, 1.54) is 13.0 Å². The van der Waals surface area contributed by atoms with Crippen molar-refractivity contribution >= 4 is 17.4 Å². The van der Waals surface area contributed by atoms with Gasteiger partial charge in [0, 0.05) is 44.2 Å². The highest BCUT2D eigenvalue weighted by molar-refractivity contribution is 5.94. The van der Waals surface area contributed by atoms with E-state index >= 15 is 0 Å². The molecule has 1 atom stereocenters. The van der Waals surface area contributed by atoms with Crippen molar-refractivity contribution in [3.05, 3.63) is 29.6 Å². The molecule has 0 aromatic heterocycles. The van der Waals surface area contributed by atoms with Crippen molar-refractivity contribution in [3.63, 3.8) is 0 Å². The van der Waals surface area contributed by atoms with Crippen molar-refractivity contribution in [1.82, 2.24) is 4.90 Å². The maximum Gasteiger partial charge on any atom is 0.222 e. The summed E-state index contributed by atoms with van der Waals surface area (Å²) in [5.41, 5.74) is 6.53. The van der Waals surface area contributed by atoms with Crippen LogP contribution in [-0.4, -0.2) is 48.8 Å². The first-order chi connectivity index (χ1) is 10.9. The molecule has 5 nitrogen and oxygen atoms in total. The third-order valence-corrected chi connectivity index (χ3v) is 4.14. The molecule has 1 saturated heterocycles. The Kier molecular flexibility index (Phi) is 5.71. The summed E-state index contributed by atoms with van der Waals surface area (Å²) in [6, 6.07) is 4.58. The summed E-state index contributed by atoms with van der Waals surface area (Å²) in [7, 11) is 0. The van der Waals surface area contributed by atoms with E-state index < -0.39 is 5.82 Å². The number of benzene rings is 1. The van der Waals surface area contributed by atoms with E-state index in [1.807, 2.05) is 11.8 Å². The number of anilines is 1. The minimum Gasteiger partial charge on any atom is -0.366 e. The topological polar surface area (TPSA) is 66.6 Å². The fourth-order valence-electron chi connectivity index (χ4n) is 2.69. The van der Waals surface area contributed by atoms with Crippen molar-refractivity contribution in [2.45, 2.75) is 32.7 Å². The van der Waals surface area contributed by atoms with Gasteiger partial charge in [0.05, 0.1) is 5.69 Å². The molecule has 1 amide bonds. The lowest BCUT2D eigenvalue weighted by molar-refractivity contribution is -0.131. The standard InChI is InChI=1S/C17H24FN3O2/c1-12(19)3-6-17(23)21-9-7-20(8-10-21)16-5-4-14(13(2)22)11-15(16)18/h4-5,11-12H,3,6-10,19H2,1-2H3. The second kappa shape index (κ2) is 7.55. The van der Waals surface area contributed by atoms with Gasteiger partial charge in [-0.1, -0.05) is 0 Å². The lowest BCUT2D eigenvalue weighted by Gasteiger charge is -2.36. The maximum absolute atomic E-state index is 14.2. The number of Topliss-reactive ketones (excluding diaryl/α,β-unsaturated/α-hetero) is 1. The second-order valence-electron chi connectivity index (χ2n) is 6.11. The molecule has 2 rings (SSSR count). The molecule has 0 spiro atoms. The van der Waals surface area contributed by atoms with Gasteiger partial charge in [-0.25, -0.2) is 4.39 Å². The molecule has 0 aliphatic carbocycles. The first kappa shape index (κ1) is 17.4. The Hall–Kier alpha value is -1.95. The number of ketones is 1. The molecular formula is C17H24FN3O2. The number of hydrogen-bond acceptors (Lipinski definition) is 4. The monoisotopic (exact) mass is 321 g/mol. The number of halogens is 1. The van der Waals surface area contributed by atoms with E-state index in [1.54, 1.807) is 17.0 Å². The van der Waals surface area contributed by atoms with E-state index in [0.717, 1.165) is 0 Å². The molecule has 126 valence electrons. The summed E-state index contributed by atoms with van der Waals surface area (Å²) in [6.45, 7) is 5.62. The van der Waals surface area contributed by atoms with Gasteiger partial charge in [0.15, 0.2) is 5.78 Å². The molecule has 1 heterocycles. The van der Waals surface area contributed by atoms with Gasteiger partial charge in [-0.05, 0) is 38.5 Å². The fourth-order valence-corrected chi connectivity index (χ4v) is 2.69. The van der Waals surface area contributed by atoms with Crippen LogP contribution in [0.4, 0.5) is 10.1 Å². The van der Waals surface area contributed by atoms with Crippen molar-refractivity contribution in [2.75, 3.05) is 31.1 Å². The number of amides is 1. The van der Waals surface area contributed by atoms with Gasteiger partial charge in [-0.15, -0.1) is 0 Å². The van der Waals surface area contributed by atoms with Gasteiger partial charge < -0.3 is 15.5 Å². The molecule has 1 aromatic rings. The molecule has 2 N–H and O–H groups in total. The molecule has 0 radical (unpaired) electrons. The van der Waals surface area contributed by atoms with Gasteiger partial charge in [0.25, 0.3) is 0 Å². The summed E-state index contributed by atoms with van der Waals surface area (Å²) in [5, 5.41) is 0. The molecule has 23 heavy (non-hydrogen) atoms. The summed E-state index contributed by atoms with van der Waals surface area (Å²) in [5.74, 6) is -0.441. The van der Waals surface area contributed by atoms with Crippen LogP contribution in [0.25, 0.3) is 0 Å². The van der Waals surface area contributed by atoms with E-state index in [-0.39, 0.29) is 17.7 Å². The molecule has 6 heteroatoms. The number of nitrogens with two attached hydrogens (primary N) is 1. The quantitative estimate of drug-likeness (QED) is 0.840. The van der Waals surface area contributed by atoms with E-state index in [4.69, 9.17) is 5.73 Å². The number of nitrogens with zero attached hydrogens (tertiary/aromatic N) is 2. The Labute approximate surface area is 136 Å². The summed E-state index contributed by atoms with van der Waals surface area (Å²) >= 11 is 0. The fraction of sp³-hybridized carbons (Fsp3) is 0.529. The van der Waals surface area contributed by atoms with Gasteiger partial charge >= 0.3 is 0 Å². The van der Waals surface area contributed by atoms with Crippen molar-refractivity contribution in [2.24, 2.45) is 5.73 Å². The number of piperazine rings is 1. The lowest BCUT2D eigenvalue weighted by Crippen LogP contribution is -2.49. The molecule has 1 aromatic carbocycles. The second-order valence-corrected chi connectivity index (χ2v) is 6.11. The molecule has 0 saturated carbocycles. The molecular weight excluding hydrogens is 297 g/mol. The van der Waals surface area contributed by atoms with Crippen LogP contribution in [-0.2, 0) is 4.79 Å². The minimum absolute atomic E-state index is 0.0223. The minimum atomic E-state index is -0.394. The average molecular weight is 321 g/mol. The van der Waals surface area contributed by atoms with E-state index in [0.29, 0.717) is 50.3 Å². The van der Waals surface area contributed by atoms with Gasteiger partial charge in [-0.3, -0.25) is 9.59 Å². The summed E-state index contributed by atoms with van der Waals surface area (Å²) in [4.78, 5) is 27.1. The Balaban J connectivity index is 1.94. The van der Waals surface area contributed by atoms with E-state index in [2.05, 4.69) is 0 Å². The molecule has 1 aliphatic heterocycles. The van der Waals surface area contributed by atoms with Crippen LogP contribution in [0, 0.1) is 5.82 Å². The largest absolute Gasteiger partial charge is 0.366 e. The Morgan fingerprint density at radius 3 is 2.43 bits per heavy atom. The zero-order chi connectivity index (χ0) is 17.0. The third kappa shape index (κ3) is 4.51. The van der Waals surface area contributed by atoms with Crippen LogP contribution < -0.4 is 10.6 Å².